The summed E-state index contributed by atoms with van der Waals surface area (Å²) in [6.45, 7) is 1.34. The Bertz CT molecular complexity index is 237. The highest BCUT2D eigenvalue weighted by Crippen LogP contribution is 2.15. The molecule has 12 heavy (non-hydrogen) atoms. The standard InChI is InChI=1S/C7H15NO3S/c1-8-5-3-4-7(8)6-11-12(2,9)10/h7H,3-6H2,1-2H3. The van der Waals surface area contributed by atoms with Crippen LogP contribution in [0.15, 0.2) is 0 Å². The Kier molecular flexibility index (Phi) is 3.09. The predicted octanol–water partition coefficient (Wildman–Crippen LogP) is 0.0568. The summed E-state index contributed by atoms with van der Waals surface area (Å²) in [5.74, 6) is 0. The van der Waals surface area contributed by atoms with E-state index >= 15 is 0 Å². The van der Waals surface area contributed by atoms with Crippen LogP contribution >= 0.6 is 0 Å². The van der Waals surface area contributed by atoms with Crippen molar-refractivity contribution in [1.29, 1.82) is 0 Å². The number of rotatable bonds is 3. The minimum absolute atomic E-state index is 0.278. The van der Waals surface area contributed by atoms with E-state index in [1.807, 2.05) is 7.05 Å². The van der Waals surface area contributed by atoms with Gasteiger partial charge in [-0.25, -0.2) is 0 Å². The van der Waals surface area contributed by atoms with Gasteiger partial charge in [0, 0.05) is 6.04 Å². The highest BCUT2D eigenvalue weighted by Gasteiger charge is 2.22. The van der Waals surface area contributed by atoms with Crippen molar-refractivity contribution in [3.05, 3.63) is 0 Å². The van der Waals surface area contributed by atoms with Crippen LogP contribution in [0.4, 0.5) is 0 Å². The molecule has 0 aromatic heterocycles. The molecule has 0 saturated carbocycles. The van der Waals surface area contributed by atoms with Gasteiger partial charge in [-0.3, -0.25) is 4.18 Å². The first-order valence-electron chi connectivity index (χ1n) is 4.04. The van der Waals surface area contributed by atoms with Crippen molar-refractivity contribution in [2.75, 3.05) is 26.5 Å². The number of likely N-dealkylation sites (N-methyl/N-ethyl adjacent to an activating group) is 1. The second kappa shape index (κ2) is 3.72. The van der Waals surface area contributed by atoms with E-state index in [0.29, 0.717) is 6.61 Å². The normalized spacial score (nSPS) is 26.3. The molecular weight excluding hydrogens is 178 g/mol. The summed E-state index contributed by atoms with van der Waals surface area (Å²) in [6.07, 6.45) is 3.25. The molecular formula is C7H15NO3S. The fourth-order valence-corrected chi connectivity index (χ4v) is 1.80. The lowest BCUT2D eigenvalue weighted by Crippen LogP contribution is -2.30. The third-order valence-corrected chi connectivity index (χ3v) is 2.71. The summed E-state index contributed by atoms with van der Waals surface area (Å²) in [5.41, 5.74) is 0. The Labute approximate surface area is 73.6 Å². The van der Waals surface area contributed by atoms with Crippen molar-refractivity contribution >= 4 is 10.1 Å². The van der Waals surface area contributed by atoms with Gasteiger partial charge in [0.15, 0.2) is 0 Å². The largest absolute Gasteiger partial charge is 0.301 e. The molecule has 0 bridgehead atoms. The lowest BCUT2D eigenvalue weighted by Gasteiger charge is -2.17. The summed E-state index contributed by atoms with van der Waals surface area (Å²) in [4.78, 5) is 2.13. The van der Waals surface area contributed by atoms with E-state index in [1.54, 1.807) is 0 Å². The first-order chi connectivity index (χ1) is 5.49. The van der Waals surface area contributed by atoms with Crippen LogP contribution in [0.1, 0.15) is 12.8 Å². The molecule has 0 radical (unpaired) electrons. The number of nitrogens with zero attached hydrogens (tertiary/aromatic N) is 1. The van der Waals surface area contributed by atoms with E-state index in [1.165, 1.54) is 0 Å². The monoisotopic (exact) mass is 193 g/mol. The fourth-order valence-electron chi connectivity index (χ4n) is 1.39. The quantitative estimate of drug-likeness (QED) is 0.594. The van der Waals surface area contributed by atoms with E-state index in [4.69, 9.17) is 4.18 Å². The SMILES string of the molecule is CN1CCCC1COS(C)(=O)=O. The summed E-state index contributed by atoms with van der Waals surface area (Å²) >= 11 is 0. The molecule has 1 aliphatic rings. The van der Waals surface area contributed by atoms with E-state index < -0.39 is 10.1 Å². The molecule has 1 atom stereocenters. The van der Waals surface area contributed by atoms with Gasteiger partial charge in [0.1, 0.15) is 0 Å². The van der Waals surface area contributed by atoms with E-state index in [-0.39, 0.29) is 6.04 Å². The first kappa shape index (κ1) is 9.95. The summed E-state index contributed by atoms with van der Waals surface area (Å²) < 4.78 is 26.0. The fraction of sp³-hybridized carbons (Fsp3) is 1.00. The van der Waals surface area contributed by atoms with Crippen LogP contribution in [-0.2, 0) is 14.3 Å². The molecule has 1 rings (SSSR count). The van der Waals surface area contributed by atoms with E-state index in [9.17, 15) is 8.42 Å². The van der Waals surface area contributed by atoms with Gasteiger partial charge in [-0.05, 0) is 26.4 Å². The van der Waals surface area contributed by atoms with Crippen molar-refractivity contribution in [3.8, 4) is 0 Å². The minimum atomic E-state index is -3.26. The highest BCUT2D eigenvalue weighted by molar-refractivity contribution is 7.85. The van der Waals surface area contributed by atoms with Crippen molar-refractivity contribution < 1.29 is 12.6 Å². The van der Waals surface area contributed by atoms with Crippen LogP contribution in [0.2, 0.25) is 0 Å². The molecule has 0 aromatic carbocycles. The zero-order chi connectivity index (χ0) is 9.19. The third-order valence-electron chi connectivity index (χ3n) is 2.15. The van der Waals surface area contributed by atoms with Crippen LogP contribution in [0, 0.1) is 0 Å². The number of hydrogen-bond donors (Lipinski definition) is 0. The van der Waals surface area contributed by atoms with Gasteiger partial charge in [0.05, 0.1) is 12.9 Å². The molecule has 1 fully saturated rings. The molecule has 1 saturated heterocycles. The topological polar surface area (TPSA) is 46.6 Å². The Morgan fingerprint density at radius 2 is 2.25 bits per heavy atom. The summed E-state index contributed by atoms with van der Waals surface area (Å²) in [5, 5.41) is 0. The molecule has 72 valence electrons. The highest BCUT2D eigenvalue weighted by atomic mass is 32.2. The molecule has 5 heteroatoms. The van der Waals surface area contributed by atoms with Gasteiger partial charge in [-0.2, -0.15) is 8.42 Å². The van der Waals surface area contributed by atoms with Crippen molar-refractivity contribution in [3.63, 3.8) is 0 Å². The Morgan fingerprint density at radius 1 is 1.58 bits per heavy atom. The molecule has 4 nitrogen and oxygen atoms in total. The zero-order valence-electron chi connectivity index (χ0n) is 7.49. The van der Waals surface area contributed by atoms with Crippen LogP contribution in [0.5, 0.6) is 0 Å². The molecule has 0 aliphatic carbocycles. The molecule has 0 spiro atoms. The van der Waals surface area contributed by atoms with E-state index in [0.717, 1.165) is 25.6 Å². The molecule has 0 aromatic rings. The lowest BCUT2D eigenvalue weighted by atomic mass is 10.2. The Hall–Kier alpha value is -0.130. The zero-order valence-corrected chi connectivity index (χ0v) is 8.30. The minimum Gasteiger partial charge on any atom is -0.301 e. The van der Waals surface area contributed by atoms with Crippen molar-refractivity contribution in [2.45, 2.75) is 18.9 Å². The van der Waals surface area contributed by atoms with Gasteiger partial charge < -0.3 is 4.90 Å². The average Bonchev–Trinajstić information content (AvgIpc) is 2.29. The van der Waals surface area contributed by atoms with Crippen LogP contribution in [-0.4, -0.2) is 45.8 Å². The van der Waals surface area contributed by atoms with Gasteiger partial charge >= 0.3 is 0 Å². The van der Waals surface area contributed by atoms with Gasteiger partial charge in [0.2, 0.25) is 0 Å². The Morgan fingerprint density at radius 3 is 2.67 bits per heavy atom. The lowest BCUT2D eigenvalue weighted by molar-refractivity contribution is 0.204. The number of hydrogen-bond acceptors (Lipinski definition) is 4. The number of likely N-dealkylation sites (tertiary alicyclic amines) is 1. The van der Waals surface area contributed by atoms with Crippen molar-refractivity contribution in [2.24, 2.45) is 0 Å². The Balaban J connectivity index is 2.32. The maximum Gasteiger partial charge on any atom is 0.264 e. The molecule has 1 aliphatic heterocycles. The van der Waals surface area contributed by atoms with Crippen LogP contribution in [0.3, 0.4) is 0 Å². The van der Waals surface area contributed by atoms with Gasteiger partial charge in [-0.1, -0.05) is 0 Å². The molecule has 1 unspecified atom stereocenters. The summed E-state index contributed by atoms with van der Waals surface area (Å²) in [7, 11) is -1.27. The third kappa shape index (κ3) is 3.08. The average molecular weight is 193 g/mol. The molecule has 0 N–H and O–H groups in total. The van der Waals surface area contributed by atoms with Gasteiger partial charge in [0.25, 0.3) is 10.1 Å². The second-order valence-electron chi connectivity index (χ2n) is 3.27. The summed E-state index contributed by atoms with van der Waals surface area (Å²) in [6, 6.07) is 0.278. The maximum absolute atomic E-state index is 10.7. The predicted molar refractivity (Wildman–Crippen MR) is 46.4 cm³/mol. The second-order valence-corrected chi connectivity index (χ2v) is 4.91. The first-order valence-corrected chi connectivity index (χ1v) is 5.85. The van der Waals surface area contributed by atoms with Crippen LogP contribution in [0.25, 0.3) is 0 Å². The van der Waals surface area contributed by atoms with Crippen LogP contribution < -0.4 is 0 Å². The maximum atomic E-state index is 10.7. The van der Waals surface area contributed by atoms with E-state index in [2.05, 4.69) is 4.90 Å². The van der Waals surface area contributed by atoms with Gasteiger partial charge in [-0.15, -0.1) is 0 Å². The molecule has 0 amide bonds. The van der Waals surface area contributed by atoms with Crippen molar-refractivity contribution in [1.82, 2.24) is 4.90 Å². The smallest absolute Gasteiger partial charge is 0.264 e. The molecule has 1 heterocycles.